The Hall–Kier alpha value is -3.11. The van der Waals surface area contributed by atoms with Crippen molar-refractivity contribution in [3.05, 3.63) is 58.6 Å². The van der Waals surface area contributed by atoms with E-state index in [1.54, 1.807) is 24.3 Å². The Morgan fingerprint density at radius 1 is 1.14 bits per heavy atom. The highest BCUT2D eigenvalue weighted by molar-refractivity contribution is 7.88. The zero-order valence-electron chi connectivity index (χ0n) is 22.6. The van der Waals surface area contributed by atoms with Gasteiger partial charge >= 0.3 is 6.18 Å². The molecule has 0 bridgehead atoms. The number of sulfonamides is 1. The predicted octanol–water partition coefficient (Wildman–Crippen LogP) is 2.63. The van der Waals surface area contributed by atoms with E-state index < -0.39 is 34.0 Å². The average Bonchev–Trinajstić information content (AvgIpc) is 3.40. The minimum Gasteiger partial charge on any atom is -0.379 e. The Kier molecular flexibility index (Phi) is 8.85. The van der Waals surface area contributed by atoms with Crippen LogP contribution in [-0.4, -0.2) is 92.4 Å². The van der Waals surface area contributed by atoms with Crippen molar-refractivity contribution < 1.29 is 31.1 Å². The molecule has 2 aromatic heterocycles. The van der Waals surface area contributed by atoms with Crippen LogP contribution in [0.15, 0.2) is 36.7 Å². The highest BCUT2D eigenvalue weighted by atomic mass is 35.5. The molecule has 2 saturated heterocycles. The minimum atomic E-state index is -4.66. The van der Waals surface area contributed by atoms with Gasteiger partial charge in [-0.3, -0.25) is 9.69 Å². The number of carbonyl (C=O) groups is 1. The van der Waals surface area contributed by atoms with Crippen LogP contribution >= 0.6 is 11.6 Å². The summed E-state index contributed by atoms with van der Waals surface area (Å²) in [6.45, 7) is 3.05. The van der Waals surface area contributed by atoms with Crippen molar-refractivity contribution in [2.24, 2.45) is 0 Å². The number of halogens is 4. The molecule has 16 heteroatoms. The lowest BCUT2D eigenvalue weighted by molar-refractivity contribution is -0.145. The topological polar surface area (TPSA) is 130 Å². The van der Waals surface area contributed by atoms with E-state index in [9.17, 15) is 26.4 Å². The SMILES string of the molecule is CS(=O)(=O)N[C@@H]1CCN(c2ccc3c(C(=O)NCC(c4cnc(C(F)(F)F)nc4)N4CCOCC4)c(Cl)ccc3n2)C1. The van der Waals surface area contributed by atoms with Crippen LogP contribution in [0.5, 0.6) is 0 Å². The number of fused-ring (bicyclic) bond motifs is 1. The standard InChI is InChI=1S/C26H29ClF3N7O4S/c1-42(39,40)35-17-6-7-37(15-17)22-5-2-18-20(34-22)4-3-19(27)23(18)24(38)31-14-21(36-8-10-41-11-9-36)16-12-32-25(33-13-16)26(28,29)30/h2-5,12-13,17,21,35H,6-11,14-15H2,1H3,(H,31,38)/t17-,21?/m1/s1. The molecule has 2 aliphatic rings. The van der Waals surface area contributed by atoms with Gasteiger partial charge in [-0.2, -0.15) is 13.2 Å². The summed E-state index contributed by atoms with van der Waals surface area (Å²) in [6, 6.07) is 6.07. The van der Waals surface area contributed by atoms with Gasteiger partial charge in [0.15, 0.2) is 0 Å². The normalized spacial score (nSPS) is 19.3. The van der Waals surface area contributed by atoms with E-state index in [0.29, 0.717) is 68.1 Å². The lowest BCUT2D eigenvalue weighted by Gasteiger charge is -2.34. The number of pyridine rings is 1. The van der Waals surface area contributed by atoms with E-state index in [-0.39, 0.29) is 23.2 Å². The van der Waals surface area contributed by atoms with Crippen molar-refractivity contribution in [3.8, 4) is 0 Å². The van der Waals surface area contributed by atoms with E-state index in [4.69, 9.17) is 21.3 Å². The first-order valence-corrected chi connectivity index (χ1v) is 15.5. The minimum absolute atomic E-state index is 0.0638. The number of alkyl halides is 3. The maximum absolute atomic E-state index is 13.5. The molecular weight excluding hydrogens is 599 g/mol. The molecule has 2 atom stereocenters. The van der Waals surface area contributed by atoms with Crippen LogP contribution in [0, 0.1) is 0 Å². The second kappa shape index (κ2) is 12.2. The number of morpholine rings is 1. The van der Waals surface area contributed by atoms with Gasteiger partial charge in [0.25, 0.3) is 5.91 Å². The third kappa shape index (κ3) is 7.09. The van der Waals surface area contributed by atoms with E-state index in [1.165, 1.54) is 0 Å². The molecule has 2 N–H and O–H groups in total. The molecule has 5 rings (SSSR count). The number of amides is 1. The molecule has 226 valence electrons. The summed E-state index contributed by atoms with van der Waals surface area (Å²) in [4.78, 5) is 29.1. The number of hydrogen-bond donors (Lipinski definition) is 2. The van der Waals surface area contributed by atoms with Gasteiger partial charge in [-0.15, -0.1) is 0 Å². The molecule has 3 aromatic rings. The molecule has 42 heavy (non-hydrogen) atoms. The Morgan fingerprint density at radius 3 is 2.52 bits per heavy atom. The van der Waals surface area contributed by atoms with Crippen LogP contribution in [0.2, 0.25) is 5.02 Å². The Bertz CT molecular complexity index is 1550. The smallest absolute Gasteiger partial charge is 0.379 e. The number of benzene rings is 1. The number of nitrogens with one attached hydrogen (secondary N) is 2. The molecule has 1 amide bonds. The third-order valence-electron chi connectivity index (χ3n) is 7.18. The summed E-state index contributed by atoms with van der Waals surface area (Å²) in [7, 11) is -3.33. The molecule has 1 unspecified atom stereocenters. The van der Waals surface area contributed by atoms with Crippen molar-refractivity contribution in [1.82, 2.24) is 29.9 Å². The fourth-order valence-electron chi connectivity index (χ4n) is 5.22. The Labute approximate surface area is 245 Å². The molecule has 0 saturated carbocycles. The van der Waals surface area contributed by atoms with E-state index in [0.717, 1.165) is 18.6 Å². The lowest BCUT2D eigenvalue weighted by atomic mass is 10.1. The molecular formula is C26H29ClF3N7O4S. The summed E-state index contributed by atoms with van der Waals surface area (Å²) in [5.41, 5.74) is 1.17. The van der Waals surface area contributed by atoms with Gasteiger partial charge in [-0.1, -0.05) is 11.6 Å². The zero-order chi connectivity index (χ0) is 30.1. The van der Waals surface area contributed by atoms with Gasteiger partial charge in [0, 0.05) is 62.1 Å². The Balaban J connectivity index is 1.35. The lowest BCUT2D eigenvalue weighted by Crippen LogP contribution is -2.44. The summed E-state index contributed by atoms with van der Waals surface area (Å²) in [6.07, 6.45) is -0.639. The van der Waals surface area contributed by atoms with Crippen LogP contribution in [0.4, 0.5) is 19.0 Å². The summed E-state index contributed by atoms with van der Waals surface area (Å²) in [5.74, 6) is -1.06. The van der Waals surface area contributed by atoms with Gasteiger partial charge in [0.05, 0.1) is 41.6 Å². The summed E-state index contributed by atoms with van der Waals surface area (Å²) >= 11 is 6.47. The summed E-state index contributed by atoms with van der Waals surface area (Å²) in [5, 5.41) is 3.62. The fraction of sp³-hybridized carbons (Fsp3) is 0.462. The van der Waals surface area contributed by atoms with Crippen molar-refractivity contribution in [3.63, 3.8) is 0 Å². The van der Waals surface area contributed by atoms with Crippen LogP contribution < -0.4 is 14.9 Å². The van der Waals surface area contributed by atoms with Gasteiger partial charge < -0.3 is 15.0 Å². The highest BCUT2D eigenvalue weighted by Gasteiger charge is 2.35. The first kappa shape index (κ1) is 30.4. The molecule has 0 spiro atoms. The number of nitrogens with zero attached hydrogens (tertiary/aromatic N) is 5. The fourth-order valence-corrected chi connectivity index (χ4v) is 6.27. The number of rotatable bonds is 8. The van der Waals surface area contributed by atoms with Crippen molar-refractivity contribution in [2.75, 3.05) is 57.1 Å². The van der Waals surface area contributed by atoms with E-state index >= 15 is 0 Å². The largest absolute Gasteiger partial charge is 0.451 e. The first-order chi connectivity index (χ1) is 19.9. The van der Waals surface area contributed by atoms with Crippen molar-refractivity contribution in [2.45, 2.75) is 24.7 Å². The monoisotopic (exact) mass is 627 g/mol. The molecule has 1 aromatic carbocycles. The quantitative estimate of drug-likeness (QED) is 0.387. The van der Waals surface area contributed by atoms with Crippen molar-refractivity contribution in [1.29, 1.82) is 0 Å². The second-order valence-electron chi connectivity index (χ2n) is 10.2. The maximum Gasteiger partial charge on any atom is 0.451 e. The van der Waals surface area contributed by atoms with Crippen LogP contribution in [0.25, 0.3) is 10.9 Å². The van der Waals surface area contributed by atoms with Crippen LogP contribution in [0.1, 0.15) is 34.2 Å². The number of anilines is 1. The number of ether oxygens (including phenoxy) is 1. The number of aromatic nitrogens is 3. The number of hydrogen-bond acceptors (Lipinski definition) is 9. The van der Waals surface area contributed by atoms with E-state index in [1.807, 2.05) is 9.80 Å². The molecule has 2 fully saturated rings. The molecule has 0 aliphatic carbocycles. The molecule has 0 radical (unpaired) electrons. The van der Waals surface area contributed by atoms with Crippen molar-refractivity contribution >= 4 is 44.3 Å². The maximum atomic E-state index is 13.5. The van der Waals surface area contributed by atoms with E-state index in [2.05, 4.69) is 20.0 Å². The summed E-state index contributed by atoms with van der Waals surface area (Å²) < 4.78 is 70.3. The third-order valence-corrected chi connectivity index (χ3v) is 8.25. The second-order valence-corrected chi connectivity index (χ2v) is 12.4. The molecule has 2 aliphatic heterocycles. The molecule has 4 heterocycles. The van der Waals surface area contributed by atoms with Crippen LogP contribution in [0.3, 0.4) is 0 Å². The number of carbonyl (C=O) groups excluding carboxylic acids is 1. The van der Waals surface area contributed by atoms with Gasteiger partial charge in [-0.25, -0.2) is 28.1 Å². The first-order valence-electron chi connectivity index (χ1n) is 13.2. The van der Waals surface area contributed by atoms with Gasteiger partial charge in [0.2, 0.25) is 15.8 Å². The molecule has 11 nitrogen and oxygen atoms in total. The predicted molar refractivity (Wildman–Crippen MR) is 150 cm³/mol. The van der Waals surface area contributed by atoms with Crippen LogP contribution in [-0.2, 0) is 20.9 Å². The Morgan fingerprint density at radius 2 is 1.86 bits per heavy atom. The van der Waals surface area contributed by atoms with Gasteiger partial charge in [-0.05, 0) is 30.7 Å². The zero-order valence-corrected chi connectivity index (χ0v) is 24.1. The van der Waals surface area contributed by atoms with Gasteiger partial charge in [0.1, 0.15) is 5.82 Å². The highest BCUT2D eigenvalue weighted by Crippen LogP contribution is 2.30. The average molecular weight is 628 g/mol.